The number of carbonyl (C=O) groups is 1. The largest absolute Gasteiger partial charge is 0.496 e. The Hall–Kier alpha value is -1.27. The smallest absolute Gasteiger partial charge is 0.261 e. The van der Waals surface area contributed by atoms with Gasteiger partial charge in [-0.1, -0.05) is 13.8 Å². The molecule has 0 aliphatic rings. The van der Waals surface area contributed by atoms with Gasteiger partial charge in [-0.05, 0) is 24.6 Å². The fourth-order valence-corrected chi connectivity index (χ4v) is 2.39. The molecule has 1 aromatic carbocycles. The van der Waals surface area contributed by atoms with E-state index in [1.165, 1.54) is 25.3 Å². The highest BCUT2D eigenvalue weighted by molar-refractivity contribution is 8.13. The van der Waals surface area contributed by atoms with E-state index >= 15 is 0 Å². The number of hydrogen-bond acceptors (Lipinski definition) is 4. The second-order valence-electron chi connectivity index (χ2n) is 4.44. The first kappa shape index (κ1) is 16.8. The third-order valence-electron chi connectivity index (χ3n) is 3.05. The van der Waals surface area contributed by atoms with Crippen LogP contribution >= 0.6 is 10.7 Å². The van der Waals surface area contributed by atoms with Crippen molar-refractivity contribution >= 4 is 25.6 Å². The highest BCUT2D eigenvalue weighted by atomic mass is 35.7. The molecule has 1 atom stereocenters. The molecule has 1 aromatic rings. The van der Waals surface area contributed by atoms with Crippen LogP contribution in [0.4, 0.5) is 0 Å². The molecule has 112 valence electrons. The Labute approximate surface area is 123 Å². The maximum Gasteiger partial charge on any atom is 0.261 e. The maximum absolute atomic E-state index is 11.7. The van der Waals surface area contributed by atoms with Crippen molar-refractivity contribution in [2.45, 2.75) is 31.7 Å². The summed E-state index contributed by atoms with van der Waals surface area (Å²) in [4.78, 5) is 11.7. The molecular formula is C13H18ClNO4S. The van der Waals surface area contributed by atoms with Crippen molar-refractivity contribution in [1.82, 2.24) is 5.32 Å². The molecule has 0 saturated carbocycles. The van der Waals surface area contributed by atoms with Crippen molar-refractivity contribution in [2.24, 2.45) is 5.92 Å². The van der Waals surface area contributed by atoms with Gasteiger partial charge in [0.1, 0.15) is 5.75 Å². The molecule has 0 aliphatic carbocycles. The summed E-state index contributed by atoms with van der Waals surface area (Å²) < 4.78 is 27.8. The van der Waals surface area contributed by atoms with Crippen molar-refractivity contribution in [3.63, 3.8) is 0 Å². The third kappa shape index (κ3) is 4.38. The van der Waals surface area contributed by atoms with Crippen LogP contribution in [0, 0.1) is 5.92 Å². The SMILES string of the molecule is CCC(C)C(=O)NCc1cc(S(=O)(=O)Cl)ccc1OC. The zero-order valence-electron chi connectivity index (χ0n) is 11.6. The summed E-state index contributed by atoms with van der Waals surface area (Å²) >= 11 is 0. The summed E-state index contributed by atoms with van der Waals surface area (Å²) in [7, 11) is 2.98. The lowest BCUT2D eigenvalue weighted by Gasteiger charge is -2.13. The van der Waals surface area contributed by atoms with Crippen molar-refractivity contribution < 1.29 is 17.9 Å². The monoisotopic (exact) mass is 319 g/mol. The van der Waals surface area contributed by atoms with Crippen LogP contribution in [-0.2, 0) is 20.4 Å². The van der Waals surface area contributed by atoms with E-state index in [1.807, 2.05) is 13.8 Å². The molecule has 1 rings (SSSR count). The molecule has 0 radical (unpaired) electrons. The molecule has 20 heavy (non-hydrogen) atoms. The van der Waals surface area contributed by atoms with Crippen molar-refractivity contribution in [2.75, 3.05) is 7.11 Å². The Bertz CT molecular complexity index is 586. The number of halogens is 1. The minimum Gasteiger partial charge on any atom is -0.496 e. The first-order valence-electron chi connectivity index (χ1n) is 6.18. The topological polar surface area (TPSA) is 72.5 Å². The van der Waals surface area contributed by atoms with E-state index in [9.17, 15) is 13.2 Å². The molecule has 1 N–H and O–H groups in total. The summed E-state index contributed by atoms with van der Waals surface area (Å²) in [6.45, 7) is 3.93. The molecule has 0 heterocycles. The fraction of sp³-hybridized carbons (Fsp3) is 0.462. The van der Waals surface area contributed by atoms with Gasteiger partial charge in [-0.3, -0.25) is 4.79 Å². The lowest BCUT2D eigenvalue weighted by molar-refractivity contribution is -0.124. The standard InChI is InChI=1S/C13H18ClNO4S/c1-4-9(2)13(16)15-8-10-7-11(20(14,17)18)5-6-12(10)19-3/h5-7,9H,4,8H2,1-3H3,(H,15,16). The third-order valence-corrected chi connectivity index (χ3v) is 4.40. The predicted octanol–water partition coefficient (Wildman–Crippen LogP) is 2.29. The Balaban J connectivity index is 2.95. The normalized spacial score (nSPS) is 12.8. The van der Waals surface area contributed by atoms with Crippen molar-refractivity contribution in [3.8, 4) is 5.75 Å². The van der Waals surface area contributed by atoms with E-state index in [4.69, 9.17) is 15.4 Å². The number of benzene rings is 1. The summed E-state index contributed by atoms with van der Waals surface area (Å²) in [6.07, 6.45) is 0.735. The number of carbonyl (C=O) groups excluding carboxylic acids is 1. The van der Waals surface area contributed by atoms with E-state index in [2.05, 4.69) is 5.32 Å². The second-order valence-corrected chi connectivity index (χ2v) is 7.00. The number of methoxy groups -OCH3 is 1. The van der Waals surface area contributed by atoms with Crippen LogP contribution in [0.3, 0.4) is 0 Å². The number of ether oxygens (including phenoxy) is 1. The lowest BCUT2D eigenvalue weighted by Crippen LogP contribution is -2.28. The van der Waals surface area contributed by atoms with Gasteiger partial charge in [0.2, 0.25) is 5.91 Å². The molecule has 0 bridgehead atoms. The van der Waals surface area contributed by atoms with E-state index in [-0.39, 0.29) is 23.3 Å². The van der Waals surface area contributed by atoms with Crippen LogP contribution in [0.15, 0.2) is 23.1 Å². The second kappa shape index (κ2) is 6.95. The zero-order chi connectivity index (χ0) is 15.3. The van der Waals surface area contributed by atoms with Gasteiger partial charge < -0.3 is 10.1 Å². The lowest BCUT2D eigenvalue weighted by atomic mass is 10.1. The highest BCUT2D eigenvalue weighted by Crippen LogP contribution is 2.24. The molecule has 1 unspecified atom stereocenters. The minimum absolute atomic E-state index is 0.0206. The maximum atomic E-state index is 11.7. The summed E-state index contributed by atoms with van der Waals surface area (Å²) in [5.41, 5.74) is 0.561. The average Bonchev–Trinajstić information content (AvgIpc) is 2.42. The van der Waals surface area contributed by atoms with Gasteiger partial charge in [0.25, 0.3) is 9.05 Å². The summed E-state index contributed by atoms with van der Waals surface area (Å²) in [6, 6.07) is 4.28. The fourth-order valence-electron chi connectivity index (χ4n) is 1.59. The van der Waals surface area contributed by atoms with Crippen LogP contribution in [0.2, 0.25) is 0 Å². The molecular weight excluding hydrogens is 302 g/mol. The van der Waals surface area contributed by atoms with Gasteiger partial charge in [0.05, 0.1) is 12.0 Å². The molecule has 0 saturated heterocycles. The molecule has 0 aliphatic heterocycles. The first-order chi connectivity index (χ1) is 9.29. The molecule has 0 spiro atoms. The quantitative estimate of drug-likeness (QED) is 0.816. The Morgan fingerprint density at radius 1 is 1.45 bits per heavy atom. The van der Waals surface area contributed by atoms with Crippen molar-refractivity contribution in [1.29, 1.82) is 0 Å². The number of rotatable bonds is 6. The van der Waals surface area contributed by atoms with E-state index in [0.717, 1.165) is 6.42 Å². The first-order valence-corrected chi connectivity index (χ1v) is 8.49. The van der Waals surface area contributed by atoms with Crippen LogP contribution in [-0.4, -0.2) is 21.4 Å². The van der Waals surface area contributed by atoms with Gasteiger partial charge >= 0.3 is 0 Å². The highest BCUT2D eigenvalue weighted by Gasteiger charge is 2.15. The van der Waals surface area contributed by atoms with Crippen LogP contribution in [0.25, 0.3) is 0 Å². The van der Waals surface area contributed by atoms with E-state index in [1.54, 1.807) is 0 Å². The van der Waals surface area contributed by atoms with Gasteiger partial charge in [-0.15, -0.1) is 0 Å². The van der Waals surface area contributed by atoms with E-state index < -0.39 is 9.05 Å². The van der Waals surface area contributed by atoms with Crippen LogP contribution in [0.5, 0.6) is 5.75 Å². The van der Waals surface area contributed by atoms with E-state index in [0.29, 0.717) is 11.3 Å². The Kier molecular flexibility index (Phi) is 5.83. The average molecular weight is 320 g/mol. The van der Waals surface area contributed by atoms with Gasteiger partial charge in [-0.25, -0.2) is 8.42 Å². The molecule has 1 amide bonds. The molecule has 5 nitrogen and oxygen atoms in total. The summed E-state index contributed by atoms with van der Waals surface area (Å²) in [5, 5.41) is 2.75. The summed E-state index contributed by atoms with van der Waals surface area (Å²) in [5.74, 6) is 0.313. The molecule has 0 fully saturated rings. The molecule has 0 aromatic heterocycles. The van der Waals surface area contributed by atoms with Crippen LogP contribution in [0.1, 0.15) is 25.8 Å². The van der Waals surface area contributed by atoms with Crippen molar-refractivity contribution in [3.05, 3.63) is 23.8 Å². The van der Waals surface area contributed by atoms with Gasteiger partial charge in [0.15, 0.2) is 0 Å². The number of amides is 1. The number of hydrogen-bond donors (Lipinski definition) is 1. The minimum atomic E-state index is -3.81. The number of nitrogens with one attached hydrogen (secondary N) is 1. The van der Waals surface area contributed by atoms with Gasteiger partial charge in [-0.2, -0.15) is 0 Å². The Morgan fingerprint density at radius 3 is 2.60 bits per heavy atom. The van der Waals surface area contributed by atoms with Crippen LogP contribution < -0.4 is 10.1 Å². The van der Waals surface area contributed by atoms with Gasteiger partial charge in [0, 0.05) is 28.7 Å². The molecule has 7 heteroatoms. The Morgan fingerprint density at radius 2 is 2.10 bits per heavy atom. The zero-order valence-corrected chi connectivity index (χ0v) is 13.2. The predicted molar refractivity (Wildman–Crippen MR) is 77.3 cm³/mol.